The van der Waals surface area contributed by atoms with Crippen LogP contribution in [-0.2, 0) is 11.3 Å². The molecule has 40 heavy (non-hydrogen) atoms. The van der Waals surface area contributed by atoms with E-state index in [1.165, 1.54) is 11.3 Å². The Bertz CT molecular complexity index is 1520. The van der Waals surface area contributed by atoms with Crippen molar-refractivity contribution in [2.24, 2.45) is 0 Å². The van der Waals surface area contributed by atoms with Crippen LogP contribution in [0.25, 0.3) is 10.9 Å². The lowest BCUT2D eigenvalue weighted by Crippen LogP contribution is -2.48. The zero-order valence-corrected chi connectivity index (χ0v) is 23.1. The van der Waals surface area contributed by atoms with E-state index in [4.69, 9.17) is 5.73 Å². The van der Waals surface area contributed by atoms with E-state index in [1.54, 1.807) is 13.1 Å². The van der Waals surface area contributed by atoms with E-state index in [2.05, 4.69) is 20.0 Å². The van der Waals surface area contributed by atoms with Crippen molar-refractivity contribution in [1.82, 2.24) is 20.0 Å². The van der Waals surface area contributed by atoms with Crippen molar-refractivity contribution in [3.05, 3.63) is 83.0 Å². The Kier molecular flexibility index (Phi) is 8.35. The summed E-state index contributed by atoms with van der Waals surface area (Å²) in [5.74, 6) is -1.25. The molecule has 5 rings (SSSR count). The van der Waals surface area contributed by atoms with Crippen molar-refractivity contribution in [3.63, 3.8) is 0 Å². The minimum atomic E-state index is -0.903. The molecule has 2 aromatic carbocycles. The molecule has 1 atom stereocenters. The summed E-state index contributed by atoms with van der Waals surface area (Å²) in [5.41, 5.74) is 8.54. The van der Waals surface area contributed by atoms with Crippen LogP contribution < -0.4 is 21.3 Å². The zero-order valence-electron chi connectivity index (χ0n) is 22.3. The second-order valence-corrected chi connectivity index (χ2v) is 10.8. The first kappa shape index (κ1) is 27.3. The Morgan fingerprint density at radius 3 is 2.55 bits per heavy atom. The number of nitrogen functional groups attached to an aromatic ring is 1. The van der Waals surface area contributed by atoms with Crippen LogP contribution in [0.4, 0.5) is 11.4 Å². The van der Waals surface area contributed by atoms with E-state index in [0.29, 0.717) is 12.2 Å². The van der Waals surface area contributed by atoms with Crippen LogP contribution in [0.15, 0.2) is 66.9 Å². The molecule has 0 saturated heterocycles. The molecule has 4 aromatic rings. The fourth-order valence-corrected chi connectivity index (χ4v) is 5.72. The van der Waals surface area contributed by atoms with Crippen LogP contribution in [-0.4, -0.2) is 39.2 Å². The van der Waals surface area contributed by atoms with Gasteiger partial charge in [-0.1, -0.05) is 67.8 Å². The van der Waals surface area contributed by atoms with Crippen LogP contribution >= 0.6 is 11.5 Å². The largest absolute Gasteiger partial charge is 0.395 e. The number of benzene rings is 2. The van der Waals surface area contributed by atoms with Gasteiger partial charge in [0.1, 0.15) is 10.9 Å². The molecule has 0 spiro atoms. The van der Waals surface area contributed by atoms with Gasteiger partial charge < -0.3 is 16.4 Å². The molecule has 0 radical (unpaired) electrons. The lowest BCUT2D eigenvalue weighted by Gasteiger charge is -2.28. The van der Waals surface area contributed by atoms with Gasteiger partial charge in [-0.15, -0.1) is 0 Å². The minimum Gasteiger partial charge on any atom is -0.395 e. The maximum atomic E-state index is 14.0. The molecule has 1 fully saturated rings. The molecule has 0 bridgehead atoms. The summed E-state index contributed by atoms with van der Waals surface area (Å²) in [6.45, 7) is 1.97. The minimum absolute atomic E-state index is 0.0129. The molecule has 3 amide bonds. The Hall–Kier alpha value is -4.31. The van der Waals surface area contributed by atoms with Crippen LogP contribution in [0.2, 0.25) is 0 Å². The first-order valence-corrected chi connectivity index (χ1v) is 14.3. The number of pyridine rings is 1. The number of fused-ring (bicyclic) bond motifs is 1. The first-order valence-electron chi connectivity index (χ1n) is 13.5. The van der Waals surface area contributed by atoms with Gasteiger partial charge in [0.2, 0.25) is 5.91 Å². The highest BCUT2D eigenvalue weighted by molar-refractivity contribution is 7.09. The van der Waals surface area contributed by atoms with E-state index >= 15 is 0 Å². The predicted octanol–water partition coefficient (Wildman–Crippen LogP) is 4.69. The van der Waals surface area contributed by atoms with E-state index in [-0.39, 0.29) is 34.1 Å². The van der Waals surface area contributed by atoms with E-state index in [9.17, 15) is 14.4 Å². The van der Waals surface area contributed by atoms with Gasteiger partial charge >= 0.3 is 0 Å². The number of amides is 3. The Labute approximate surface area is 237 Å². The number of para-hydroxylation sites is 1. The topological polar surface area (TPSA) is 130 Å². The monoisotopic (exact) mass is 556 g/mol. The van der Waals surface area contributed by atoms with Crippen molar-refractivity contribution in [2.45, 2.75) is 57.7 Å². The summed E-state index contributed by atoms with van der Waals surface area (Å²) < 4.78 is 4.25. The van der Waals surface area contributed by atoms with Crippen LogP contribution in [0.1, 0.15) is 64.8 Å². The number of hydrogen-bond donors (Lipinski definition) is 3. The Morgan fingerprint density at radius 1 is 1.05 bits per heavy atom. The van der Waals surface area contributed by atoms with Crippen molar-refractivity contribution < 1.29 is 14.4 Å². The number of anilines is 2. The molecule has 1 saturated carbocycles. The molecule has 0 aliphatic heterocycles. The lowest BCUT2D eigenvalue weighted by atomic mass is 9.95. The highest BCUT2D eigenvalue weighted by Crippen LogP contribution is 2.29. The summed E-state index contributed by atoms with van der Waals surface area (Å²) in [4.78, 5) is 46.3. The molecule has 4 N–H and O–H groups in total. The summed E-state index contributed by atoms with van der Waals surface area (Å²) in [6, 6.07) is 18.1. The number of aromatic nitrogens is 2. The third kappa shape index (κ3) is 5.96. The second kappa shape index (κ2) is 12.3. The van der Waals surface area contributed by atoms with Crippen molar-refractivity contribution in [2.75, 3.05) is 10.6 Å². The fourth-order valence-electron chi connectivity index (χ4n) is 4.98. The molecular formula is C30H32N6O3S. The number of rotatable bonds is 8. The van der Waals surface area contributed by atoms with Gasteiger partial charge in [-0.2, -0.15) is 4.37 Å². The second-order valence-electron chi connectivity index (χ2n) is 10.0. The third-order valence-electron chi connectivity index (χ3n) is 7.23. The molecule has 1 aliphatic carbocycles. The van der Waals surface area contributed by atoms with Crippen molar-refractivity contribution in [3.8, 4) is 0 Å². The standard InChI is InChI=1S/C30H32N6O3S/c1-19(28(37)33-17-20-10-4-2-5-11-20)36(23-16-21-12-8-9-15-24(21)32-18-23)30(39)27-25(31)26(35-40-27)29(38)34-22-13-6-3-7-14-22/h2,4-5,8-12,15-16,18-19,22H,3,6-7,13-14,17,31H2,1H3,(H,33,37)(H,34,38). The van der Waals surface area contributed by atoms with E-state index in [1.807, 2.05) is 60.7 Å². The van der Waals surface area contributed by atoms with Gasteiger partial charge in [0.25, 0.3) is 11.8 Å². The average molecular weight is 557 g/mol. The fraction of sp³-hybridized carbons (Fsp3) is 0.300. The third-order valence-corrected chi connectivity index (χ3v) is 8.08. The van der Waals surface area contributed by atoms with Crippen molar-refractivity contribution >= 4 is 51.5 Å². The predicted molar refractivity (Wildman–Crippen MR) is 157 cm³/mol. The molecule has 2 aromatic heterocycles. The maximum absolute atomic E-state index is 14.0. The average Bonchev–Trinajstić information content (AvgIpc) is 3.38. The van der Waals surface area contributed by atoms with Crippen molar-refractivity contribution in [1.29, 1.82) is 0 Å². The number of nitrogens with zero attached hydrogens (tertiary/aromatic N) is 3. The van der Waals surface area contributed by atoms with Crippen LogP contribution in [0, 0.1) is 0 Å². The number of carbonyl (C=O) groups is 3. The first-order chi connectivity index (χ1) is 19.4. The molecule has 10 heteroatoms. The van der Waals surface area contributed by atoms with Gasteiger partial charge in [-0.3, -0.25) is 24.3 Å². The molecule has 206 valence electrons. The summed E-state index contributed by atoms with van der Waals surface area (Å²) in [7, 11) is 0. The molecule has 1 aliphatic rings. The van der Waals surface area contributed by atoms with Crippen LogP contribution in [0.3, 0.4) is 0 Å². The number of carbonyl (C=O) groups excluding carboxylic acids is 3. The molecule has 9 nitrogen and oxygen atoms in total. The highest BCUT2D eigenvalue weighted by atomic mass is 32.1. The Morgan fingerprint density at radius 2 is 1.77 bits per heavy atom. The van der Waals surface area contributed by atoms with E-state index in [0.717, 1.165) is 53.7 Å². The maximum Gasteiger partial charge on any atom is 0.273 e. The molecule has 1 unspecified atom stereocenters. The molecular weight excluding hydrogens is 524 g/mol. The normalized spacial score (nSPS) is 14.4. The smallest absolute Gasteiger partial charge is 0.273 e. The SMILES string of the molecule is CC(C(=O)NCc1ccccc1)N(C(=O)c1snc(C(=O)NC2CCCCC2)c1N)c1cnc2ccccc2c1. The van der Waals surface area contributed by atoms with Gasteiger partial charge in [-0.25, -0.2) is 0 Å². The number of nitrogens with two attached hydrogens (primary N) is 1. The zero-order chi connectivity index (χ0) is 28.1. The number of hydrogen-bond acceptors (Lipinski definition) is 7. The van der Waals surface area contributed by atoms with Crippen LogP contribution in [0.5, 0.6) is 0 Å². The number of nitrogens with one attached hydrogen (secondary N) is 2. The quantitative estimate of drug-likeness (QED) is 0.289. The Balaban J connectivity index is 1.43. The highest BCUT2D eigenvalue weighted by Gasteiger charge is 2.33. The summed E-state index contributed by atoms with van der Waals surface area (Å²) >= 11 is 0.861. The summed E-state index contributed by atoms with van der Waals surface area (Å²) in [6.07, 6.45) is 6.70. The van der Waals surface area contributed by atoms with Gasteiger partial charge in [-0.05, 0) is 49.0 Å². The van der Waals surface area contributed by atoms with E-state index < -0.39 is 11.9 Å². The molecule has 2 heterocycles. The summed E-state index contributed by atoms with van der Waals surface area (Å²) in [5, 5.41) is 6.74. The van der Waals surface area contributed by atoms with Gasteiger partial charge in [0, 0.05) is 18.0 Å². The van der Waals surface area contributed by atoms with Gasteiger partial charge in [0.05, 0.1) is 23.1 Å². The lowest BCUT2D eigenvalue weighted by molar-refractivity contribution is -0.122. The van der Waals surface area contributed by atoms with Gasteiger partial charge in [0.15, 0.2) is 5.69 Å².